The van der Waals surface area contributed by atoms with Crippen molar-refractivity contribution in [1.82, 2.24) is 5.32 Å². The molecule has 16 heavy (non-hydrogen) atoms. The molecule has 1 atom stereocenters. The third kappa shape index (κ3) is 3.45. The molecule has 1 aliphatic carbocycles. The van der Waals surface area contributed by atoms with Gasteiger partial charge < -0.3 is 10.1 Å². The number of alkyl halides is 1. The van der Waals surface area contributed by atoms with Gasteiger partial charge in [0.1, 0.15) is 0 Å². The summed E-state index contributed by atoms with van der Waals surface area (Å²) in [6.45, 7) is 1.68. The summed E-state index contributed by atoms with van der Waals surface area (Å²) in [5, 5.41) is 4.09. The molecular weight excluding hydrogens is 270 g/mol. The van der Waals surface area contributed by atoms with Gasteiger partial charge in [-0.3, -0.25) is 4.79 Å². The molecule has 3 nitrogen and oxygen atoms in total. The number of ether oxygens (including phenoxy) is 1. The van der Waals surface area contributed by atoms with Crippen molar-refractivity contribution in [2.24, 2.45) is 5.41 Å². The first-order chi connectivity index (χ1) is 7.74. The molecule has 0 aromatic heterocycles. The molecule has 1 aliphatic heterocycles. The van der Waals surface area contributed by atoms with Crippen LogP contribution >= 0.6 is 15.9 Å². The first-order valence-corrected chi connectivity index (χ1v) is 7.31. The average molecular weight is 290 g/mol. The van der Waals surface area contributed by atoms with Gasteiger partial charge in [0.15, 0.2) is 0 Å². The molecule has 1 heterocycles. The quantitative estimate of drug-likeness (QED) is 0.762. The van der Waals surface area contributed by atoms with Crippen molar-refractivity contribution in [2.45, 2.75) is 44.6 Å². The summed E-state index contributed by atoms with van der Waals surface area (Å²) >= 11 is 3.47. The van der Waals surface area contributed by atoms with E-state index in [1.54, 1.807) is 0 Å². The van der Waals surface area contributed by atoms with Crippen molar-refractivity contribution in [3.05, 3.63) is 0 Å². The molecule has 0 bridgehead atoms. The summed E-state index contributed by atoms with van der Waals surface area (Å²) in [6.07, 6.45) is 6.56. The van der Waals surface area contributed by atoms with Gasteiger partial charge >= 0.3 is 0 Å². The van der Waals surface area contributed by atoms with Crippen LogP contribution in [0.2, 0.25) is 0 Å². The summed E-state index contributed by atoms with van der Waals surface area (Å²) in [4.78, 5) is 11.7. The van der Waals surface area contributed by atoms with Crippen molar-refractivity contribution in [1.29, 1.82) is 0 Å². The summed E-state index contributed by atoms with van der Waals surface area (Å²) < 4.78 is 5.45. The lowest BCUT2D eigenvalue weighted by molar-refractivity contribution is -0.123. The first kappa shape index (κ1) is 12.4. The van der Waals surface area contributed by atoms with Gasteiger partial charge in [-0.2, -0.15) is 0 Å². The lowest BCUT2D eigenvalue weighted by atomic mass is 10.0. The highest BCUT2D eigenvalue weighted by molar-refractivity contribution is 9.09. The van der Waals surface area contributed by atoms with Crippen LogP contribution < -0.4 is 5.32 Å². The highest BCUT2D eigenvalue weighted by atomic mass is 79.9. The number of halogens is 1. The topological polar surface area (TPSA) is 38.3 Å². The number of rotatable bonds is 6. The van der Waals surface area contributed by atoms with Gasteiger partial charge in [0, 0.05) is 18.5 Å². The second-order valence-electron chi connectivity index (χ2n) is 5.05. The van der Waals surface area contributed by atoms with Crippen molar-refractivity contribution < 1.29 is 9.53 Å². The van der Waals surface area contributed by atoms with E-state index in [-0.39, 0.29) is 12.0 Å². The monoisotopic (exact) mass is 289 g/mol. The Labute approximate surface area is 105 Å². The van der Waals surface area contributed by atoms with E-state index >= 15 is 0 Å². The molecular formula is C12H20BrNO2. The number of amides is 1. The van der Waals surface area contributed by atoms with Crippen LogP contribution in [0, 0.1) is 5.41 Å². The van der Waals surface area contributed by atoms with E-state index < -0.39 is 0 Å². The Bertz CT molecular complexity index is 247. The van der Waals surface area contributed by atoms with Crippen molar-refractivity contribution in [3.8, 4) is 0 Å². The molecule has 0 spiro atoms. The third-order valence-corrected chi connectivity index (χ3v) is 4.08. The minimum absolute atomic E-state index is 0.160. The lowest BCUT2D eigenvalue weighted by Crippen LogP contribution is -2.32. The zero-order chi connectivity index (χ0) is 11.4. The Balaban J connectivity index is 1.63. The minimum Gasteiger partial charge on any atom is -0.378 e. The minimum atomic E-state index is 0.160. The summed E-state index contributed by atoms with van der Waals surface area (Å²) in [5.74, 6) is 0.160. The van der Waals surface area contributed by atoms with E-state index in [0.29, 0.717) is 11.8 Å². The molecule has 2 rings (SSSR count). The molecule has 2 aliphatic rings. The number of carbonyl (C=O) groups excluding carboxylic acids is 1. The van der Waals surface area contributed by atoms with Crippen LogP contribution in [-0.2, 0) is 9.53 Å². The van der Waals surface area contributed by atoms with Crippen LogP contribution in [0.15, 0.2) is 0 Å². The van der Waals surface area contributed by atoms with E-state index in [1.807, 2.05) is 0 Å². The molecule has 1 saturated heterocycles. The predicted molar refractivity (Wildman–Crippen MR) is 66.7 cm³/mol. The standard InChI is InChI=1S/C12H20BrNO2/c13-6-5-12(3-4-12)9-14-11(15)8-10-2-1-7-16-10/h10H,1-9H2,(H,14,15). The Hall–Kier alpha value is -0.0900. The Morgan fingerprint density at radius 3 is 2.88 bits per heavy atom. The van der Waals surface area contributed by atoms with Gasteiger partial charge in [0.25, 0.3) is 0 Å². The number of hydrogen-bond donors (Lipinski definition) is 1. The van der Waals surface area contributed by atoms with Gasteiger partial charge in [-0.25, -0.2) is 0 Å². The van der Waals surface area contributed by atoms with Gasteiger partial charge in [0.2, 0.25) is 5.91 Å². The van der Waals surface area contributed by atoms with Crippen LogP contribution in [0.3, 0.4) is 0 Å². The maximum absolute atomic E-state index is 11.7. The summed E-state index contributed by atoms with van der Waals surface area (Å²) in [5.41, 5.74) is 0.412. The Morgan fingerprint density at radius 2 is 2.31 bits per heavy atom. The smallest absolute Gasteiger partial charge is 0.222 e. The normalized spacial score (nSPS) is 26.7. The van der Waals surface area contributed by atoms with Crippen LogP contribution in [-0.4, -0.2) is 30.5 Å². The van der Waals surface area contributed by atoms with Crippen molar-refractivity contribution >= 4 is 21.8 Å². The maximum Gasteiger partial charge on any atom is 0.222 e. The molecule has 0 aromatic rings. The summed E-state index contributed by atoms with van der Waals surface area (Å²) in [7, 11) is 0. The molecule has 2 fully saturated rings. The number of nitrogens with one attached hydrogen (secondary N) is 1. The molecule has 1 saturated carbocycles. The fraction of sp³-hybridized carbons (Fsp3) is 0.917. The zero-order valence-electron chi connectivity index (χ0n) is 9.64. The fourth-order valence-corrected chi connectivity index (χ4v) is 3.10. The average Bonchev–Trinajstić information content (AvgIpc) is 2.83. The van der Waals surface area contributed by atoms with Gasteiger partial charge in [-0.05, 0) is 37.5 Å². The van der Waals surface area contributed by atoms with Gasteiger partial charge in [0.05, 0.1) is 12.5 Å². The SMILES string of the molecule is O=C(CC1CCCO1)NCC1(CCBr)CC1. The molecule has 0 aromatic carbocycles. The molecule has 0 radical (unpaired) electrons. The molecule has 1 N–H and O–H groups in total. The van der Waals surface area contributed by atoms with E-state index in [0.717, 1.165) is 31.3 Å². The van der Waals surface area contributed by atoms with Gasteiger partial charge in [-0.1, -0.05) is 15.9 Å². The molecule has 1 amide bonds. The molecule has 92 valence electrons. The van der Waals surface area contributed by atoms with E-state index in [4.69, 9.17) is 4.74 Å². The van der Waals surface area contributed by atoms with Gasteiger partial charge in [-0.15, -0.1) is 0 Å². The highest BCUT2D eigenvalue weighted by Gasteiger charge is 2.41. The first-order valence-electron chi connectivity index (χ1n) is 6.18. The van der Waals surface area contributed by atoms with E-state index in [9.17, 15) is 4.79 Å². The molecule has 1 unspecified atom stereocenters. The van der Waals surface area contributed by atoms with Crippen LogP contribution in [0.4, 0.5) is 0 Å². The van der Waals surface area contributed by atoms with Crippen LogP contribution in [0.5, 0.6) is 0 Å². The Kier molecular flexibility index (Phi) is 4.25. The second kappa shape index (κ2) is 5.50. The van der Waals surface area contributed by atoms with E-state index in [2.05, 4.69) is 21.2 Å². The number of hydrogen-bond acceptors (Lipinski definition) is 2. The van der Waals surface area contributed by atoms with Crippen LogP contribution in [0.1, 0.15) is 38.5 Å². The zero-order valence-corrected chi connectivity index (χ0v) is 11.2. The summed E-state index contributed by atoms with van der Waals surface area (Å²) in [6, 6.07) is 0. The molecule has 4 heteroatoms. The largest absolute Gasteiger partial charge is 0.378 e. The second-order valence-corrected chi connectivity index (χ2v) is 5.85. The Morgan fingerprint density at radius 1 is 1.50 bits per heavy atom. The predicted octanol–water partition coefficient (Wildman–Crippen LogP) is 2.24. The fourth-order valence-electron chi connectivity index (χ4n) is 2.26. The maximum atomic E-state index is 11.7. The van der Waals surface area contributed by atoms with Crippen molar-refractivity contribution in [2.75, 3.05) is 18.5 Å². The van der Waals surface area contributed by atoms with E-state index in [1.165, 1.54) is 19.3 Å². The lowest BCUT2D eigenvalue weighted by Gasteiger charge is -2.15. The van der Waals surface area contributed by atoms with Crippen molar-refractivity contribution in [3.63, 3.8) is 0 Å². The van der Waals surface area contributed by atoms with Crippen LogP contribution in [0.25, 0.3) is 0 Å². The third-order valence-electron chi connectivity index (χ3n) is 3.68. The number of carbonyl (C=O) groups is 1. The highest BCUT2D eigenvalue weighted by Crippen LogP contribution is 2.48.